The first-order valence-electron chi connectivity index (χ1n) is 7.89. The van der Waals surface area contributed by atoms with E-state index in [0.717, 1.165) is 36.9 Å². The van der Waals surface area contributed by atoms with Crippen molar-refractivity contribution in [2.75, 3.05) is 26.2 Å². The summed E-state index contributed by atoms with van der Waals surface area (Å²) in [7, 11) is 0. The van der Waals surface area contributed by atoms with E-state index in [9.17, 15) is 0 Å². The van der Waals surface area contributed by atoms with Crippen LogP contribution in [0.1, 0.15) is 44.1 Å². The molecule has 0 amide bonds. The number of nitrogens with zero attached hydrogens (tertiary/aromatic N) is 2. The highest BCUT2D eigenvalue weighted by Gasteiger charge is 2.32. The Morgan fingerprint density at radius 3 is 2.58 bits per heavy atom. The summed E-state index contributed by atoms with van der Waals surface area (Å²) >= 11 is 0. The zero-order valence-electron chi connectivity index (χ0n) is 12.1. The molecule has 3 rings (SSSR count). The molecule has 2 fully saturated rings. The van der Waals surface area contributed by atoms with Gasteiger partial charge in [0.25, 0.3) is 0 Å². The minimum atomic E-state index is 0.811. The lowest BCUT2D eigenvalue weighted by Gasteiger charge is -2.46. The van der Waals surface area contributed by atoms with Gasteiger partial charge in [-0.1, -0.05) is 13.3 Å². The van der Waals surface area contributed by atoms with E-state index in [2.05, 4.69) is 28.9 Å². The lowest BCUT2D eigenvalue weighted by atomic mass is 10.0. The molecule has 0 saturated carbocycles. The number of piperidine rings is 1. The van der Waals surface area contributed by atoms with Crippen LogP contribution in [0.3, 0.4) is 0 Å². The second kappa shape index (κ2) is 6.10. The normalized spacial score (nSPS) is 22.6. The highest BCUT2D eigenvalue weighted by atomic mass is 16.3. The van der Waals surface area contributed by atoms with Crippen LogP contribution in [0.5, 0.6) is 0 Å². The standard InChI is InChI=1S/C16H26N2O/c1-2-6-15-7-8-16(19-15)13-17-11-14(12-17)18-9-4-3-5-10-18/h7-8,14H,2-6,9-13H2,1H3. The fourth-order valence-corrected chi connectivity index (χ4v) is 3.29. The van der Waals surface area contributed by atoms with Gasteiger partial charge in [-0.05, 0) is 44.5 Å². The van der Waals surface area contributed by atoms with Crippen molar-refractivity contribution >= 4 is 0 Å². The summed E-state index contributed by atoms with van der Waals surface area (Å²) < 4.78 is 5.86. The van der Waals surface area contributed by atoms with E-state index < -0.39 is 0 Å². The van der Waals surface area contributed by atoms with E-state index in [1.54, 1.807) is 0 Å². The van der Waals surface area contributed by atoms with Gasteiger partial charge >= 0.3 is 0 Å². The third kappa shape index (κ3) is 3.21. The van der Waals surface area contributed by atoms with E-state index in [0.29, 0.717) is 0 Å². The van der Waals surface area contributed by atoms with Crippen LogP contribution in [0.15, 0.2) is 16.5 Å². The van der Waals surface area contributed by atoms with Gasteiger partial charge in [0.2, 0.25) is 0 Å². The van der Waals surface area contributed by atoms with Crippen LogP contribution in [0.4, 0.5) is 0 Å². The summed E-state index contributed by atoms with van der Waals surface area (Å²) in [5.41, 5.74) is 0. The molecular weight excluding hydrogens is 236 g/mol. The molecule has 0 spiro atoms. The Bertz CT molecular complexity index is 389. The van der Waals surface area contributed by atoms with Crippen molar-refractivity contribution in [1.29, 1.82) is 0 Å². The lowest BCUT2D eigenvalue weighted by molar-refractivity contribution is 0.0148. The lowest BCUT2D eigenvalue weighted by Crippen LogP contribution is -2.59. The van der Waals surface area contributed by atoms with Gasteiger partial charge in [0, 0.05) is 25.6 Å². The van der Waals surface area contributed by atoms with Gasteiger partial charge in [0.05, 0.1) is 6.54 Å². The Morgan fingerprint density at radius 1 is 1.11 bits per heavy atom. The van der Waals surface area contributed by atoms with Crippen LogP contribution in [-0.2, 0) is 13.0 Å². The average Bonchev–Trinajstić information content (AvgIpc) is 2.82. The maximum absolute atomic E-state index is 5.86. The predicted molar refractivity (Wildman–Crippen MR) is 77.2 cm³/mol. The monoisotopic (exact) mass is 262 g/mol. The first kappa shape index (κ1) is 13.2. The average molecular weight is 262 g/mol. The molecule has 1 aromatic rings. The van der Waals surface area contributed by atoms with Crippen LogP contribution in [-0.4, -0.2) is 42.0 Å². The third-order valence-electron chi connectivity index (χ3n) is 4.44. The van der Waals surface area contributed by atoms with Gasteiger partial charge in [-0.2, -0.15) is 0 Å². The molecule has 3 heteroatoms. The minimum Gasteiger partial charge on any atom is -0.465 e. The molecule has 2 saturated heterocycles. The van der Waals surface area contributed by atoms with E-state index in [1.807, 2.05) is 0 Å². The maximum atomic E-state index is 5.86. The number of likely N-dealkylation sites (tertiary alicyclic amines) is 2. The number of hydrogen-bond acceptors (Lipinski definition) is 3. The molecule has 2 aliphatic rings. The Balaban J connectivity index is 1.42. The van der Waals surface area contributed by atoms with E-state index >= 15 is 0 Å². The molecule has 0 atom stereocenters. The zero-order valence-corrected chi connectivity index (χ0v) is 12.1. The summed E-state index contributed by atoms with van der Waals surface area (Å²) in [6, 6.07) is 5.10. The summed E-state index contributed by atoms with van der Waals surface area (Å²) in [5, 5.41) is 0. The number of rotatable bonds is 5. The van der Waals surface area contributed by atoms with Crippen molar-refractivity contribution in [3.8, 4) is 0 Å². The first-order valence-corrected chi connectivity index (χ1v) is 7.89. The summed E-state index contributed by atoms with van der Waals surface area (Å²) in [6.07, 6.45) is 6.45. The molecule has 3 nitrogen and oxygen atoms in total. The molecule has 19 heavy (non-hydrogen) atoms. The molecular formula is C16H26N2O. The summed E-state index contributed by atoms with van der Waals surface area (Å²) in [4.78, 5) is 5.19. The zero-order chi connectivity index (χ0) is 13.1. The largest absolute Gasteiger partial charge is 0.465 e. The topological polar surface area (TPSA) is 19.6 Å². The van der Waals surface area contributed by atoms with Crippen molar-refractivity contribution in [3.05, 3.63) is 23.7 Å². The third-order valence-corrected chi connectivity index (χ3v) is 4.44. The van der Waals surface area contributed by atoms with Gasteiger partial charge in [0.15, 0.2) is 0 Å². The van der Waals surface area contributed by atoms with Crippen molar-refractivity contribution in [3.63, 3.8) is 0 Å². The Morgan fingerprint density at radius 2 is 1.84 bits per heavy atom. The van der Waals surface area contributed by atoms with Gasteiger partial charge in [0.1, 0.15) is 11.5 Å². The molecule has 0 radical (unpaired) electrons. The minimum absolute atomic E-state index is 0.811. The van der Waals surface area contributed by atoms with Crippen molar-refractivity contribution in [2.24, 2.45) is 0 Å². The number of furan rings is 1. The molecule has 0 bridgehead atoms. The molecule has 0 aromatic carbocycles. The second-order valence-corrected chi connectivity index (χ2v) is 6.06. The van der Waals surface area contributed by atoms with Crippen molar-refractivity contribution in [1.82, 2.24) is 9.80 Å². The van der Waals surface area contributed by atoms with E-state index in [-0.39, 0.29) is 0 Å². The van der Waals surface area contributed by atoms with E-state index in [4.69, 9.17) is 4.42 Å². The molecule has 1 aromatic heterocycles. The van der Waals surface area contributed by atoms with Crippen LogP contribution < -0.4 is 0 Å². The quantitative estimate of drug-likeness (QED) is 0.813. The van der Waals surface area contributed by atoms with Gasteiger partial charge < -0.3 is 4.42 Å². The predicted octanol–water partition coefficient (Wildman–Crippen LogP) is 2.90. The Kier molecular flexibility index (Phi) is 4.24. The van der Waals surface area contributed by atoms with Crippen molar-refractivity contribution < 1.29 is 4.42 Å². The van der Waals surface area contributed by atoms with Crippen LogP contribution in [0, 0.1) is 0 Å². The molecule has 0 unspecified atom stereocenters. The fraction of sp³-hybridized carbons (Fsp3) is 0.750. The Hall–Kier alpha value is -0.800. The number of aryl methyl sites for hydroxylation is 1. The number of hydrogen-bond donors (Lipinski definition) is 0. The molecule has 2 aliphatic heterocycles. The Labute approximate surface area is 116 Å². The first-order chi connectivity index (χ1) is 9.35. The van der Waals surface area contributed by atoms with Crippen LogP contribution in [0.2, 0.25) is 0 Å². The SMILES string of the molecule is CCCc1ccc(CN2CC(N3CCCCC3)C2)o1. The smallest absolute Gasteiger partial charge is 0.118 e. The van der Waals surface area contributed by atoms with E-state index in [1.165, 1.54) is 45.4 Å². The fourth-order valence-electron chi connectivity index (χ4n) is 3.29. The van der Waals surface area contributed by atoms with Crippen LogP contribution >= 0.6 is 0 Å². The second-order valence-electron chi connectivity index (χ2n) is 6.06. The van der Waals surface area contributed by atoms with Gasteiger partial charge in [-0.25, -0.2) is 0 Å². The van der Waals surface area contributed by atoms with Gasteiger partial charge in [-0.3, -0.25) is 9.80 Å². The van der Waals surface area contributed by atoms with Gasteiger partial charge in [-0.15, -0.1) is 0 Å². The highest BCUT2D eigenvalue weighted by molar-refractivity contribution is 5.08. The summed E-state index contributed by atoms with van der Waals surface area (Å²) in [6.45, 7) is 8.28. The van der Waals surface area contributed by atoms with Crippen LogP contribution in [0.25, 0.3) is 0 Å². The summed E-state index contributed by atoms with van der Waals surface area (Å²) in [5.74, 6) is 2.28. The highest BCUT2D eigenvalue weighted by Crippen LogP contribution is 2.22. The van der Waals surface area contributed by atoms with Crippen molar-refractivity contribution in [2.45, 2.75) is 51.6 Å². The molecule has 0 N–H and O–H groups in total. The maximum Gasteiger partial charge on any atom is 0.118 e. The molecule has 0 aliphatic carbocycles. The molecule has 106 valence electrons. The molecule has 3 heterocycles.